The molecule has 0 heterocycles. The smallest absolute Gasteiger partial charge is 0.339 e. The maximum Gasteiger partial charge on any atom is 0.339 e. The number of carboxylic acid groups (broad SMARTS) is 1. The Bertz CT molecular complexity index is 682. The molecule has 0 saturated carbocycles. The van der Waals surface area contributed by atoms with E-state index in [2.05, 4.69) is 0 Å². The van der Waals surface area contributed by atoms with Gasteiger partial charge in [-0.3, -0.25) is 0 Å². The highest BCUT2D eigenvalue weighted by Crippen LogP contribution is 2.23. The molecule has 0 atom stereocenters. The van der Waals surface area contributed by atoms with Crippen molar-refractivity contribution in [3.8, 4) is 11.5 Å². The Morgan fingerprint density at radius 2 is 1.68 bits per heavy atom. The molecule has 5 heteroatoms. The third kappa shape index (κ3) is 4.15. The van der Waals surface area contributed by atoms with E-state index in [1.54, 1.807) is 12.1 Å². The summed E-state index contributed by atoms with van der Waals surface area (Å²) in [6.45, 7) is 4.57. The number of aromatic carboxylic acids is 1. The number of hydrogen-bond donors (Lipinski definition) is 1. The Hall–Kier alpha value is -2.20. The van der Waals surface area contributed by atoms with Gasteiger partial charge in [0.25, 0.3) is 0 Å². The summed E-state index contributed by atoms with van der Waals surface area (Å²) in [5.74, 6) is -0.00214. The molecule has 22 heavy (non-hydrogen) atoms. The van der Waals surface area contributed by atoms with Crippen molar-refractivity contribution in [3.05, 3.63) is 58.1 Å². The highest BCUT2D eigenvalue weighted by Gasteiger charge is 2.12. The second-order valence-corrected chi connectivity index (χ2v) is 5.35. The third-order valence-electron chi connectivity index (χ3n) is 3.10. The van der Waals surface area contributed by atoms with Gasteiger partial charge in [0.2, 0.25) is 0 Å². The maximum atomic E-state index is 11.1. The minimum Gasteiger partial charge on any atom is -0.490 e. The fourth-order valence-corrected chi connectivity index (χ4v) is 2.23. The third-order valence-corrected chi connectivity index (χ3v) is 3.34. The summed E-state index contributed by atoms with van der Waals surface area (Å²) in [6, 6.07) is 10.4. The van der Waals surface area contributed by atoms with Gasteiger partial charge in [0, 0.05) is 5.02 Å². The van der Waals surface area contributed by atoms with Crippen LogP contribution in [0.1, 0.15) is 21.5 Å². The lowest BCUT2D eigenvalue weighted by atomic mass is 10.1. The first-order valence-corrected chi connectivity index (χ1v) is 7.21. The van der Waals surface area contributed by atoms with Crippen LogP contribution in [0.5, 0.6) is 11.5 Å². The number of carbonyl (C=O) groups is 1. The van der Waals surface area contributed by atoms with Crippen molar-refractivity contribution in [1.82, 2.24) is 0 Å². The molecule has 0 spiro atoms. The quantitative estimate of drug-likeness (QED) is 0.814. The number of hydrogen-bond acceptors (Lipinski definition) is 3. The zero-order valence-electron chi connectivity index (χ0n) is 12.4. The van der Waals surface area contributed by atoms with Gasteiger partial charge >= 0.3 is 5.97 Å². The molecule has 116 valence electrons. The molecule has 0 amide bonds. The highest BCUT2D eigenvalue weighted by atomic mass is 35.5. The van der Waals surface area contributed by atoms with Gasteiger partial charge in [-0.2, -0.15) is 0 Å². The van der Waals surface area contributed by atoms with Crippen molar-refractivity contribution in [3.63, 3.8) is 0 Å². The van der Waals surface area contributed by atoms with Crippen LogP contribution in [0.25, 0.3) is 0 Å². The van der Waals surface area contributed by atoms with Crippen LogP contribution in [0, 0.1) is 13.8 Å². The summed E-state index contributed by atoms with van der Waals surface area (Å²) < 4.78 is 11.1. The van der Waals surface area contributed by atoms with Crippen molar-refractivity contribution >= 4 is 17.6 Å². The van der Waals surface area contributed by atoms with Crippen LogP contribution < -0.4 is 9.47 Å². The Kier molecular flexibility index (Phi) is 5.28. The predicted octanol–water partition coefficient (Wildman–Crippen LogP) is 4.11. The number of carboxylic acids is 1. The summed E-state index contributed by atoms with van der Waals surface area (Å²) in [5, 5.41) is 9.47. The summed E-state index contributed by atoms with van der Waals surface area (Å²) >= 11 is 5.79. The zero-order valence-corrected chi connectivity index (χ0v) is 13.2. The van der Waals surface area contributed by atoms with Crippen LogP contribution >= 0.6 is 11.6 Å². The van der Waals surface area contributed by atoms with Gasteiger partial charge in [0.05, 0.1) is 0 Å². The van der Waals surface area contributed by atoms with Gasteiger partial charge in [-0.1, -0.05) is 29.3 Å². The van der Waals surface area contributed by atoms with E-state index >= 15 is 0 Å². The molecule has 0 fully saturated rings. The first-order valence-electron chi connectivity index (χ1n) is 6.83. The molecule has 0 saturated heterocycles. The molecule has 0 bridgehead atoms. The van der Waals surface area contributed by atoms with E-state index in [1.807, 2.05) is 32.0 Å². The minimum absolute atomic E-state index is 0.0408. The fraction of sp³-hybridized carbons (Fsp3) is 0.235. The molecule has 2 rings (SSSR count). The molecule has 2 aromatic carbocycles. The summed E-state index contributed by atoms with van der Waals surface area (Å²) in [4.78, 5) is 11.1. The average molecular weight is 321 g/mol. The SMILES string of the molecule is Cc1ccc(OCCOc2ccc(Cl)cc2C(=O)O)c(C)c1. The zero-order chi connectivity index (χ0) is 16.1. The summed E-state index contributed by atoms with van der Waals surface area (Å²) in [6.07, 6.45) is 0. The lowest BCUT2D eigenvalue weighted by molar-refractivity contribution is 0.0691. The second-order valence-electron chi connectivity index (χ2n) is 4.91. The lowest BCUT2D eigenvalue weighted by Crippen LogP contribution is -2.11. The number of ether oxygens (including phenoxy) is 2. The van der Waals surface area contributed by atoms with Crippen LogP contribution in [0.2, 0.25) is 5.02 Å². The fourth-order valence-electron chi connectivity index (χ4n) is 2.06. The Morgan fingerprint density at radius 1 is 1.05 bits per heavy atom. The monoisotopic (exact) mass is 320 g/mol. The molecule has 4 nitrogen and oxygen atoms in total. The van der Waals surface area contributed by atoms with Crippen molar-refractivity contribution < 1.29 is 19.4 Å². The highest BCUT2D eigenvalue weighted by molar-refractivity contribution is 6.31. The molecule has 0 aliphatic heterocycles. The van der Waals surface area contributed by atoms with Crippen molar-refractivity contribution in [2.45, 2.75) is 13.8 Å². The van der Waals surface area contributed by atoms with E-state index in [1.165, 1.54) is 11.6 Å². The summed E-state index contributed by atoms with van der Waals surface area (Å²) in [7, 11) is 0. The van der Waals surface area contributed by atoms with Gasteiger partial charge in [0.1, 0.15) is 30.3 Å². The van der Waals surface area contributed by atoms with Gasteiger partial charge in [-0.15, -0.1) is 0 Å². The Morgan fingerprint density at radius 3 is 2.32 bits per heavy atom. The van der Waals surface area contributed by atoms with Crippen LogP contribution in [-0.2, 0) is 0 Å². The van der Waals surface area contributed by atoms with Gasteiger partial charge in [-0.25, -0.2) is 4.79 Å². The Balaban J connectivity index is 1.93. The number of benzene rings is 2. The van der Waals surface area contributed by atoms with Crippen LogP contribution in [0.3, 0.4) is 0 Å². The molecule has 0 radical (unpaired) electrons. The summed E-state index contributed by atoms with van der Waals surface area (Å²) in [5.41, 5.74) is 2.27. The molecule has 0 unspecified atom stereocenters. The lowest BCUT2D eigenvalue weighted by Gasteiger charge is -2.12. The van der Waals surface area contributed by atoms with Crippen LogP contribution in [0.4, 0.5) is 0 Å². The average Bonchev–Trinajstić information content (AvgIpc) is 2.46. The topological polar surface area (TPSA) is 55.8 Å². The standard InChI is InChI=1S/C17H17ClO4/c1-11-3-5-15(12(2)9-11)21-7-8-22-16-6-4-13(18)10-14(16)17(19)20/h3-6,9-10H,7-8H2,1-2H3,(H,19,20). The van der Waals surface area contributed by atoms with E-state index in [-0.39, 0.29) is 17.9 Å². The van der Waals surface area contributed by atoms with E-state index in [9.17, 15) is 4.79 Å². The Labute approximate surface area is 134 Å². The van der Waals surface area contributed by atoms with Gasteiger partial charge in [-0.05, 0) is 43.7 Å². The number of rotatable bonds is 6. The number of aryl methyl sites for hydroxylation is 2. The van der Waals surface area contributed by atoms with Crippen LogP contribution in [0.15, 0.2) is 36.4 Å². The molecule has 1 N–H and O–H groups in total. The molecule has 0 aliphatic rings. The van der Waals surface area contributed by atoms with Gasteiger partial charge < -0.3 is 14.6 Å². The predicted molar refractivity (Wildman–Crippen MR) is 85.3 cm³/mol. The first-order chi connectivity index (χ1) is 10.5. The van der Waals surface area contributed by atoms with E-state index in [0.29, 0.717) is 11.6 Å². The normalized spacial score (nSPS) is 10.3. The second kappa shape index (κ2) is 7.18. The van der Waals surface area contributed by atoms with E-state index in [4.69, 9.17) is 26.2 Å². The van der Waals surface area contributed by atoms with Crippen molar-refractivity contribution in [1.29, 1.82) is 0 Å². The van der Waals surface area contributed by atoms with E-state index < -0.39 is 5.97 Å². The number of halogens is 1. The van der Waals surface area contributed by atoms with Crippen LogP contribution in [-0.4, -0.2) is 24.3 Å². The van der Waals surface area contributed by atoms with Gasteiger partial charge in [0.15, 0.2) is 0 Å². The molecular weight excluding hydrogens is 304 g/mol. The molecule has 2 aromatic rings. The van der Waals surface area contributed by atoms with Crippen molar-refractivity contribution in [2.24, 2.45) is 0 Å². The molecule has 0 aromatic heterocycles. The first kappa shape index (κ1) is 16.2. The molecular formula is C17H17ClO4. The van der Waals surface area contributed by atoms with Crippen molar-refractivity contribution in [2.75, 3.05) is 13.2 Å². The van der Waals surface area contributed by atoms with E-state index in [0.717, 1.165) is 11.3 Å². The largest absolute Gasteiger partial charge is 0.490 e. The minimum atomic E-state index is -1.08. The maximum absolute atomic E-state index is 11.1. The molecule has 0 aliphatic carbocycles.